The van der Waals surface area contributed by atoms with Crippen molar-refractivity contribution in [3.05, 3.63) is 0 Å². The van der Waals surface area contributed by atoms with Gasteiger partial charge in [-0.15, -0.1) is 0 Å². The number of urea groups is 1. The number of carboxylic acids is 1. The smallest absolute Gasteiger partial charge is 0.317 e. The molecule has 1 atom stereocenters. The van der Waals surface area contributed by atoms with Crippen LogP contribution in [0.5, 0.6) is 0 Å². The summed E-state index contributed by atoms with van der Waals surface area (Å²) in [7, 11) is 1.83. The highest BCUT2D eigenvalue weighted by atomic mass is 16.4. The Bertz CT molecular complexity index is 291. The molecule has 0 aliphatic rings. The molecule has 0 saturated heterocycles. The third kappa shape index (κ3) is 7.36. The summed E-state index contributed by atoms with van der Waals surface area (Å²) in [4.78, 5) is 24.3. The highest BCUT2D eigenvalue weighted by Crippen LogP contribution is 2.14. The Labute approximate surface area is 122 Å². The molecule has 0 aliphatic heterocycles. The van der Waals surface area contributed by atoms with Crippen LogP contribution >= 0.6 is 0 Å². The molecule has 0 rings (SSSR count). The second kappa shape index (κ2) is 10.5. The molecule has 20 heavy (non-hydrogen) atoms. The Morgan fingerprint density at radius 1 is 1.10 bits per heavy atom. The molecule has 0 radical (unpaired) electrons. The number of hydrogen-bond donors (Lipinski definition) is 2. The third-order valence-corrected chi connectivity index (χ3v) is 3.98. The maximum atomic E-state index is 12.0. The molecule has 0 aromatic heterocycles. The van der Waals surface area contributed by atoms with E-state index in [1.807, 2.05) is 7.05 Å². The zero-order chi connectivity index (χ0) is 15.5. The van der Waals surface area contributed by atoms with E-state index in [4.69, 9.17) is 5.11 Å². The molecular weight excluding hydrogens is 256 g/mol. The van der Waals surface area contributed by atoms with E-state index in [0.717, 1.165) is 25.7 Å². The minimum absolute atomic E-state index is 0.0354. The van der Waals surface area contributed by atoms with Gasteiger partial charge in [-0.25, -0.2) is 4.79 Å². The lowest BCUT2D eigenvalue weighted by molar-refractivity contribution is -0.137. The second-order valence-electron chi connectivity index (χ2n) is 5.31. The van der Waals surface area contributed by atoms with E-state index < -0.39 is 5.97 Å². The van der Waals surface area contributed by atoms with Crippen molar-refractivity contribution < 1.29 is 14.7 Å². The van der Waals surface area contributed by atoms with E-state index in [2.05, 4.69) is 26.1 Å². The van der Waals surface area contributed by atoms with Crippen LogP contribution in [-0.2, 0) is 4.79 Å². The molecular formula is C15H30N2O3. The molecule has 0 spiro atoms. The van der Waals surface area contributed by atoms with E-state index in [1.54, 1.807) is 4.90 Å². The first kappa shape index (κ1) is 18.7. The van der Waals surface area contributed by atoms with Gasteiger partial charge in [0.05, 0.1) is 0 Å². The lowest BCUT2D eigenvalue weighted by atomic mass is 9.97. The molecule has 0 bridgehead atoms. The molecule has 118 valence electrons. The van der Waals surface area contributed by atoms with Crippen LogP contribution in [0.1, 0.15) is 59.3 Å². The van der Waals surface area contributed by atoms with Crippen molar-refractivity contribution in [3.8, 4) is 0 Å². The Hall–Kier alpha value is -1.26. The van der Waals surface area contributed by atoms with Crippen LogP contribution in [0, 0.1) is 5.92 Å². The van der Waals surface area contributed by atoms with Gasteiger partial charge >= 0.3 is 12.0 Å². The maximum absolute atomic E-state index is 12.0. The molecule has 0 saturated carbocycles. The van der Waals surface area contributed by atoms with Crippen molar-refractivity contribution in [2.24, 2.45) is 5.92 Å². The highest BCUT2D eigenvalue weighted by molar-refractivity contribution is 5.74. The predicted molar refractivity (Wildman–Crippen MR) is 80.8 cm³/mol. The number of carboxylic acid groups (broad SMARTS) is 1. The molecule has 0 aliphatic carbocycles. The summed E-state index contributed by atoms with van der Waals surface area (Å²) in [5.74, 6) is -0.384. The lowest BCUT2D eigenvalue weighted by Gasteiger charge is -2.26. The third-order valence-electron chi connectivity index (χ3n) is 3.98. The van der Waals surface area contributed by atoms with Crippen LogP contribution < -0.4 is 5.32 Å². The minimum atomic E-state index is -0.749. The van der Waals surface area contributed by atoms with Crippen molar-refractivity contribution in [1.82, 2.24) is 10.2 Å². The highest BCUT2D eigenvalue weighted by Gasteiger charge is 2.16. The van der Waals surface area contributed by atoms with Crippen LogP contribution in [0.15, 0.2) is 0 Å². The fourth-order valence-electron chi connectivity index (χ4n) is 2.39. The number of carbonyl (C=O) groups is 2. The van der Waals surface area contributed by atoms with Crippen LogP contribution in [0.4, 0.5) is 4.79 Å². The summed E-state index contributed by atoms with van der Waals surface area (Å²) in [5.41, 5.74) is 0. The van der Waals surface area contributed by atoms with Crippen LogP contribution in [0.3, 0.4) is 0 Å². The van der Waals surface area contributed by atoms with Crippen molar-refractivity contribution in [2.75, 3.05) is 13.6 Å². The summed E-state index contributed by atoms with van der Waals surface area (Å²) >= 11 is 0. The van der Waals surface area contributed by atoms with Gasteiger partial charge in [0.1, 0.15) is 0 Å². The molecule has 1 unspecified atom stereocenters. The van der Waals surface area contributed by atoms with Crippen molar-refractivity contribution in [1.29, 1.82) is 0 Å². The topological polar surface area (TPSA) is 69.6 Å². The van der Waals surface area contributed by atoms with E-state index in [0.29, 0.717) is 18.9 Å². The summed E-state index contributed by atoms with van der Waals surface area (Å²) in [6, 6.07) is 0.246. The predicted octanol–water partition coefficient (Wildman–Crippen LogP) is 3.10. The van der Waals surface area contributed by atoms with E-state index in [9.17, 15) is 9.59 Å². The fourth-order valence-corrected chi connectivity index (χ4v) is 2.39. The van der Waals surface area contributed by atoms with Gasteiger partial charge < -0.3 is 15.3 Å². The first-order valence-electron chi connectivity index (χ1n) is 7.68. The standard InChI is InChI=1S/C15H30N2O3/c1-5-12(8-9-14(18)19)10-11-16-15(20)17(4)13(6-2)7-3/h12-13H,5-11H2,1-4H3,(H,16,20)(H,18,19). The zero-order valence-electron chi connectivity index (χ0n) is 13.3. The molecule has 2 amide bonds. The summed E-state index contributed by atoms with van der Waals surface area (Å²) in [6.45, 7) is 6.83. The van der Waals surface area contributed by atoms with Crippen LogP contribution in [0.2, 0.25) is 0 Å². The van der Waals surface area contributed by atoms with Gasteiger partial charge in [-0.3, -0.25) is 4.79 Å². The second-order valence-corrected chi connectivity index (χ2v) is 5.31. The minimum Gasteiger partial charge on any atom is -0.481 e. The summed E-state index contributed by atoms with van der Waals surface area (Å²) < 4.78 is 0. The van der Waals surface area contributed by atoms with E-state index in [1.165, 1.54) is 0 Å². The Morgan fingerprint density at radius 2 is 1.70 bits per heavy atom. The SMILES string of the molecule is CCC(CCNC(=O)N(C)C(CC)CC)CCC(=O)O. The van der Waals surface area contributed by atoms with Crippen LogP contribution in [-0.4, -0.2) is 41.6 Å². The monoisotopic (exact) mass is 286 g/mol. The van der Waals surface area contributed by atoms with Gasteiger partial charge in [0.2, 0.25) is 0 Å². The van der Waals surface area contributed by atoms with Gasteiger partial charge in [-0.1, -0.05) is 27.2 Å². The van der Waals surface area contributed by atoms with Gasteiger partial charge in [0.15, 0.2) is 0 Å². The maximum Gasteiger partial charge on any atom is 0.317 e. The molecule has 2 N–H and O–H groups in total. The van der Waals surface area contributed by atoms with Crippen molar-refractivity contribution >= 4 is 12.0 Å². The van der Waals surface area contributed by atoms with E-state index >= 15 is 0 Å². The zero-order valence-corrected chi connectivity index (χ0v) is 13.3. The normalized spacial score (nSPS) is 12.2. The number of rotatable bonds is 10. The molecule has 5 nitrogen and oxygen atoms in total. The number of hydrogen-bond acceptors (Lipinski definition) is 2. The first-order valence-corrected chi connectivity index (χ1v) is 7.68. The fraction of sp³-hybridized carbons (Fsp3) is 0.867. The summed E-state index contributed by atoms with van der Waals surface area (Å²) in [5, 5.41) is 11.6. The number of nitrogens with zero attached hydrogens (tertiary/aromatic N) is 1. The van der Waals surface area contributed by atoms with E-state index in [-0.39, 0.29) is 18.5 Å². The molecule has 0 aromatic carbocycles. The first-order chi connectivity index (χ1) is 9.46. The number of aliphatic carboxylic acids is 1. The number of amides is 2. The number of carbonyl (C=O) groups excluding carboxylic acids is 1. The largest absolute Gasteiger partial charge is 0.481 e. The summed E-state index contributed by atoms with van der Waals surface area (Å²) in [6.07, 6.45) is 4.59. The Balaban J connectivity index is 4.02. The molecule has 0 fully saturated rings. The van der Waals surface area contributed by atoms with Gasteiger partial charge in [-0.2, -0.15) is 0 Å². The molecule has 5 heteroatoms. The lowest BCUT2D eigenvalue weighted by Crippen LogP contribution is -2.43. The Morgan fingerprint density at radius 3 is 2.15 bits per heavy atom. The Kier molecular flexibility index (Phi) is 9.86. The molecule has 0 aromatic rings. The molecule has 0 heterocycles. The van der Waals surface area contributed by atoms with Crippen molar-refractivity contribution in [3.63, 3.8) is 0 Å². The quantitative estimate of drug-likeness (QED) is 0.648. The van der Waals surface area contributed by atoms with Gasteiger partial charge in [0, 0.05) is 26.1 Å². The van der Waals surface area contributed by atoms with Crippen LogP contribution in [0.25, 0.3) is 0 Å². The number of nitrogens with one attached hydrogen (secondary N) is 1. The average Bonchev–Trinajstić information content (AvgIpc) is 2.43. The average molecular weight is 286 g/mol. The van der Waals surface area contributed by atoms with Gasteiger partial charge in [0.25, 0.3) is 0 Å². The van der Waals surface area contributed by atoms with Crippen molar-refractivity contribution in [2.45, 2.75) is 65.3 Å². The van der Waals surface area contributed by atoms with Gasteiger partial charge in [-0.05, 0) is 31.6 Å².